The van der Waals surface area contributed by atoms with Gasteiger partial charge in [0.1, 0.15) is 0 Å². The minimum atomic E-state index is -4.25. The molecule has 0 amide bonds. The second-order valence-corrected chi connectivity index (χ2v) is 2.63. The molecule has 0 aromatic heterocycles. The van der Waals surface area contributed by atoms with Crippen LogP contribution in [0.4, 0.5) is 13.2 Å². The normalized spacial score (nSPS) is 11.7. The predicted octanol–water partition coefficient (Wildman–Crippen LogP) is 3.40. The molecular formula is C8H6F3S. The van der Waals surface area contributed by atoms with Crippen molar-refractivity contribution in [3.8, 4) is 0 Å². The van der Waals surface area contributed by atoms with Gasteiger partial charge in [0.05, 0.1) is 5.56 Å². The maximum atomic E-state index is 12.0. The van der Waals surface area contributed by atoms with Gasteiger partial charge >= 0.3 is 6.18 Å². The Labute approximate surface area is 73.8 Å². The zero-order valence-corrected chi connectivity index (χ0v) is 6.88. The van der Waals surface area contributed by atoms with Gasteiger partial charge in [-0.15, -0.1) is 0 Å². The van der Waals surface area contributed by atoms with Gasteiger partial charge in [0, 0.05) is 5.75 Å². The summed E-state index contributed by atoms with van der Waals surface area (Å²) in [6.45, 7) is 0. The van der Waals surface area contributed by atoms with Crippen molar-refractivity contribution in [3.05, 3.63) is 35.4 Å². The Morgan fingerprint density at radius 3 is 1.92 bits per heavy atom. The summed E-state index contributed by atoms with van der Waals surface area (Å²) in [4.78, 5) is 0. The topological polar surface area (TPSA) is 0 Å². The van der Waals surface area contributed by atoms with Crippen molar-refractivity contribution in [2.45, 2.75) is 11.9 Å². The highest BCUT2D eigenvalue weighted by Crippen LogP contribution is 2.29. The van der Waals surface area contributed by atoms with E-state index < -0.39 is 11.7 Å². The molecule has 1 rings (SSSR count). The standard InChI is InChI=1S/C8H6F3S/c9-8(10,11)7-3-1-6(5-12)2-4-7/h1-4H,5H2. The molecule has 1 aromatic carbocycles. The molecule has 0 aliphatic rings. The average molecular weight is 191 g/mol. The Kier molecular flexibility index (Phi) is 2.67. The summed E-state index contributed by atoms with van der Waals surface area (Å²) >= 11 is 4.67. The Morgan fingerprint density at radius 2 is 1.58 bits per heavy atom. The van der Waals surface area contributed by atoms with E-state index in [-0.39, 0.29) is 0 Å². The van der Waals surface area contributed by atoms with Crippen molar-refractivity contribution in [2.75, 3.05) is 0 Å². The van der Waals surface area contributed by atoms with Crippen LogP contribution in [0.25, 0.3) is 0 Å². The lowest BCUT2D eigenvalue weighted by atomic mass is 10.1. The molecule has 0 bridgehead atoms. The first-order chi connectivity index (χ1) is 5.54. The summed E-state index contributed by atoms with van der Waals surface area (Å²) in [5.41, 5.74) is 0.104. The second kappa shape index (κ2) is 3.39. The Hall–Kier alpha value is -0.640. The van der Waals surface area contributed by atoms with E-state index in [1.807, 2.05) is 0 Å². The maximum Gasteiger partial charge on any atom is 0.416 e. The highest BCUT2D eigenvalue weighted by molar-refractivity contribution is 7.79. The molecule has 0 saturated heterocycles. The highest BCUT2D eigenvalue weighted by atomic mass is 32.1. The van der Waals surface area contributed by atoms with Crippen LogP contribution in [-0.4, -0.2) is 0 Å². The first-order valence-electron chi connectivity index (χ1n) is 3.28. The van der Waals surface area contributed by atoms with E-state index in [0.717, 1.165) is 17.7 Å². The Balaban J connectivity index is 2.93. The van der Waals surface area contributed by atoms with Crippen molar-refractivity contribution >= 4 is 12.6 Å². The number of rotatable bonds is 1. The van der Waals surface area contributed by atoms with Crippen molar-refractivity contribution in [2.24, 2.45) is 0 Å². The molecular weight excluding hydrogens is 185 g/mol. The van der Waals surface area contributed by atoms with Crippen LogP contribution < -0.4 is 0 Å². The van der Waals surface area contributed by atoms with Gasteiger partial charge in [0.25, 0.3) is 0 Å². The van der Waals surface area contributed by atoms with Crippen molar-refractivity contribution in [3.63, 3.8) is 0 Å². The summed E-state index contributed by atoms with van der Waals surface area (Å²) in [5.74, 6) is 0.345. The molecule has 0 atom stereocenters. The summed E-state index contributed by atoms with van der Waals surface area (Å²) < 4.78 is 36.0. The number of halogens is 3. The fraction of sp³-hybridized carbons (Fsp3) is 0.250. The molecule has 0 aliphatic carbocycles. The van der Waals surface area contributed by atoms with E-state index >= 15 is 0 Å². The molecule has 0 nitrogen and oxygen atoms in total. The highest BCUT2D eigenvalue weighted by Gasteiger charge is 2.29. The van der Waals surface area contributed by atoms with Crippen LogP contribution in [0.3, 0.4) is 0 Å². The van der Waals surface area contributed by atoms with Crippen molar-refractivity contribution < 1.29 is 13.2 Å². The van der Waals surface area contributed by atoms with E-state index in [9.17, 15) is 13.2 Å². The van der Waals surface area contributed by atoms with Gasteiger partial charge in [-0.2, -0.15) is 13.2 Å². The number of benzene rings is 1. The molecule has 0 heterocycles. The van der Waals surface area contributed by atoms with Gasteiger partial charge in [0.2, 0.25) is 0 Å². The maximum absolute atomic E-state index is 12.0. The fourth-order valence-electron chi connectivity index (χ4n) is 0.790. The van der Waals surface area contributed by atoms with Crippen LogP contribution in [0.2, 0.25) is 0 Å². The van der Waals surface area contributed by atoms with Crippen molar-refractivity contribution in [1.29, 1.82) is 0 Å². The van der Waals surface area contributed by atoms with E-state index in [2.05, 4.69) is 12.6 Å². The summed E-state index contributed by atoms with van der Waals surface area (Å²) in [6, 6.07) is 4.88. The monoisotopic (exact) mass is 191 g/mol. The smallest absolute Gasteiger partial charge is 0.166 e. The molecule has 0 saturated carbocycles. The SMILES string of the molecule is FC(F)(F)c1ccc(C[S])cc1. The van der Waals surface area contributed by atoms with Gasteiger partial charge < -0.3 is 0 Å². The molecule has 12 heavy (non-hydrogen) atoms. The van der Waals surface area contributed by atoms with Gasteiger partial charge in [-0.3, -0.25) is 0 Å². The van der Waals surface area contributed by atoms with E-state index in [1.165, 1.54) is 12.1 Å². The molecule has 4 heteroatoms. The third kappa shape index (κ3) is 2.17. The molecule has 0 spiro atoms. The Bertz CT molecular complexity index is 250. The summed E-state index contributed by atoms with van der Waals surface area (Å²) in [6.07, 6.45) is -4.25. The van der Waals surface area contributed by atoms with E-state index in [0.29, 0.717) is 5.75 Å². The van der Waals surface area contributed by atoms with Crippen LogP contribution in [0, 0.1) is 0 Å². The number of hydrogen-bond donors (Lipinski definition) is 0. The molecule has 0 aliphatic heterocycles. The predicted molar refractivity (Wildman–Crippen MR) is 42.7 cm³/mol. The van der Waals surface area contributed by atoms with Crippen LogP contribution in [0.1, 0.15) is 11.1 Å². The van der Waals surface area contributed by atoms with E-state index in [1.54, 1.807) is 0 Å². The molecule has 0 N–H and O–H groups in total. The lowest BCUT2D eigenvalue weighted by Crippen LogP contribution is -2.04. The van der Waals surface area contributed by atoms with E-state index in [4.69, 9.17) is 0 Å². The quantitative estimate of drug-likeness (QED) is 0.638. The summed E-state index contributed by atoms with van der Waals surface area (Å²) in [5, 5.41) is 0. The third-order valence-corrected chi connectivity index (χ3v) is 1.78. The van der Waals surface area contributed by atoms with Crippen LogP contribution in [-0.2, 0) is 11.9 Å². The average Bonchev–Trinajstić information content (AvgIpc) is 2.03. The van der Waals surface area contributed by atoms with Gasteiger partial charge in [-0.1, -0.05) is 24.8 Å². The third-order valence-electron chi connectivity index (χ3n) is 1.45. The Morgan fingerprint density at radius 1 is 1.08 bits per heavy atom. The molecule has 1 radical (unpaired) electrons. The first-order valence-corrected chi connectivity index (χ1v) is 3.86. The molecule has 0 fully saturated rings. The molecule has 65 valence electrons. The largest absolute Gasteiger partial charge is 0.416 e. The first kappa shape index (κ1) is 9.45. The fourth-order valence-corrected chi connectivity index (χ4v) is 0.982. The number of alkyl halides is 3. The second-order valence-electron chi connectivity index (χ2n) is 2.34. The zero-order valence-electron chi connectivity index (χ0n) is 6.06. The minimum Gasteiger partial charge on any atom is -0.166 e. The van der Waals surface area contributed by atoms with Crippen LogP contribution in [0.15, 0.2) is 24.3 Å². The summed E-state index contributed by atoms with van der Waals surface area (Å²) in [7, 11) is 0. The van der Waals surface area contributed by atoms with Crippen molar-refractivity contribution in [1.82, 2.24) is 0 Å². The van der Waals surface area contributed by atoms with Gasteiger partial charge in [0.15, 0.2) is 0 Å². The van der Waals surface area contributed by atoms with Crippen LogP contribution in [0.5, 0.6) is 0 Å². The molecule has 1 aromatic rings. The molecule has 0 unspecified atom stereocenters. The minimum absolute atomic E-state index is 0.345. The van der Waals surface area contributed by atoms with Gasteiger partial charge in [-0.25, -0.2) is 0 Å². The van der Waals surface area contributed by atoms with Gasteiger partial charge in [-0.05, 0) is 17.7 Å². The van der Waals surface area contributed by atoms with Crippen LogP contribution >= 0.6 is 12.6 Å². The lowest BCUT2D eigenvalue weighted by molar-refractivity contribution is -0.137. The lowest BCUT2D eigenvalue weighted by Gasteiger charge is -2.05. The number of hydrogen-bond acceptors (Lipinski definition) is 0. The zero-order chi connectivity index (χ0) is 9.19.